The Hall–Kier alpha value is -2.02. The molecule has 21 heavy (non-hydrogen) atoms. The van der Waals surface area contributed by atoms with E-state index in [4.69, 9.17) is 12.2 Å². The van der Waals surface area contributed by atoms with Crippen molar-refractivity contribution in [2.24, 2.45) is 0 Å². The molecule has 110 valence electrons. The van der Waals surface area contributed by atoms with Gasteiger partial charge in [0.05, 0.1) is 0 Å². The number of alkyl halides is 2. The molecule has 1 saturated carbocycles. The monoisotopic (exact) mass is 310 g/mol. The van der Waals surface area contributed by atoms with Crippen LogP contribution in [0.15, 0.2) is 30.0 Å². The Kier molecular flexibility index (Phi) is 3.59. The van der Waals surface area contributed by atoms with E-state index in [9.17, 15) is 13.6 Å². The number of carbonyl (C=O) groups is 1. The molecule has 1 N–H and O–H groups in total. The fraction of sp³-hybridized carbons (Fsp3) is 0.286. The maximum atomic E-state index is 12.4. The van der Waals surface area contributed by atoms with Crippen molar-refractivity contribution in [2.75, 3.05) is 0 Å². The van der Waals surface area contributed by atoms with Gasteiger partial charge >= 0.3 is 6.61 Å². The quantitative estimate of drug-likeness (QED) is 0.685. The van der Waals surface area contributed by atoms with Crippen molar-refractivity contribution in [3.8, 4) is 5.75 Å². The fourth-order valence-electron chi connectivity index (χ4n) is 2.17. The Labute approximate surface area is 125 Å². The van der Waals surface area contributed by atoms with Crippen LogP contribution < -0.4 is 10.1 Å². The molecule has 1 aliphatic heterocycles. The second-order valence-corrected chi connectivity index (χ2v) is 5.20. The minimum atomic E-state index is -2.92. The van der Waals surface area contributed by atoms with Gasteiger partial charge in [-0.1, -0.05) is 18.2 Å². The van der Waals surface area contributed by atoms with Crippen LogP contribution >= 0.6 is 12.2 Å². The molecule has 1 aliphatic carbocycles. The van der Waals surface area contributed by atoms with Crippen LogP contribution in [0.3, 0.4) is 0 Å². The molecule has 3 rings (SSSR count). The minimum absolute atomic E-state index is 0.0189. The van der Waals surface area contributed by atoms with Crippen LogP contribution in [0.4, 0.5) is 8.78 Å². The van der Waals surface area contributed by atoms with E-state index in [1.165, 1.54) is 17.0 Å². The fourth-order valence-corrected chi connectivity index (χ4v) is 2.51. The Morgan fingerprint density at radius 1 is 1.38 bits per heavy atom. The Morgan fingerprint density at radius 2 is 2.10 bits per heavy atom. The molecule has 1 aromatic rings. The summed E-state index contributed by atoms with van der Waals surface area (Å²) >= 11 is 5.13. The topological polar surface area (TPSA) is 41.6 Å². The average molecular weight is 310 g/mol. The molecule has 0 bridgehead atoms. The van der Waals surface area contributed by atoms with E-state index in [-0.39, 0.29) is 23.4 Å². The van der Waals surface area contributed by atoms with Gasteiger partial charge in [-0.15, -0.1) is 0 Å². The number of nitrogens with zero attached hydrogens (tertiary/aromatic N) is 1. The molecule has 1 amide bonds. The average Bonchev–Trinajstić information content (AvgIpc) is 3.20. The van der Waals surface area contributed by atoms with Gasteiger partial charge in [-0.05, 0) is 37.2 Å². The summed E-state index contributed by atoms with van der Waals surface area (Å²) in [7, 11) is 0. The lowest BCUT2D eigenvalue weighted by molar-refractivity contribution is -0.122. The zero-order valence-corrected chi connectivity index (χ0v) is 11.7. The van der Waals surface area contributed by atoms with Crippen LogP contribution in [-0.2, 0) is 4.79 Å². The number of hydrogen-bond acceptors (Lipinski definition) is 3. The summed E-state index contributed by atoms with van der Waals surface area (Å²) in [5, 5.41) is 3.19. The zero-order chi connectivity index (χ0) is 15.0. The number of halogens is 2. The van der Waals surface area contributed by atoms with E-state index in [0.29, 0.717) is 10.7 Å². The van der Waals surface area contributed by atoms with Gasteiger partial charge in [-0.2, -0.15) is 8.78 Å². The second-order valence-electron chi connectivity index (χ2n) is 4.81. The Bertz CT molecular complexity index is 629. The summed E-state index contributed by atoms with van der Waals surface area (Å²) in [5.74, 6) is -0.209. The van der Waals surface area contributed by atoms with Gasteiger partial charge in [0, 0.05) is 11.6 Å². The number of hydrogen-bond donors (Lipinski definition) is 1. The second kappa shape index (κ2) is 5.40. The molecule has 0 aromatic heterocycles. The van der Waals surface area contributed by atoms with Gasteiger partial charge in [0.15, 0.2) is 5.11 Å². The minimum Gasteiger partial charge on any atom is -0.434 e. The molecular formula is C14H12F2N2O2S. The summed E-state index contributed by atoms with van der Waals surface area (Å²) in [6, 6.07) is 6.46. The maximum Gasteiger partial charge on any atom is 0.387 e. The zero-order valence-electron chi connectivity index (χ0n) is 10.9. The maximum absolute atomic E-state index is 12.4. The summed E-state index contributed by atoms with van der Waals surface area (Å²) < 4.78 is 29.2. The summed E-state index contributed by atoms with van der Waals surface area (Å²) in [5.41, 5.74) is 0.673. The molecule has 1 aromatic carbocycles. The van der Waals surface area contributed by atoms with Gasteiger partial charge in [0.2, 0.25) is 0 Å². The van der Waals surface area contributed by atoms with Gasteiger partial charge in [0.1, 0.15) is 11.4 Å². The van der Waals surface area contributed by atoms with Crippen molar-refractivity contribution < 1.29 is 18.3 Å². The summed E-state index contributed by atoms with van der Waals surface area (Å²) in [6.07, 6.45) is 3.35. The molecule has 4 nitrogen and oxygen atoms in total. The molecule has 1 heterocycles. The van der Waals surface area contributed by atoms with Gasteiger partial charge in [-0.3, -0.25) is 9.69 Å². The molecule has 0 unspecified atom stereocenters. The molecule has 7 heteroatoms. The van der Waals surface area contributed by atoms with E-state index in [1.807, 2.05) is 0 Å². The number of benzene rings is 1. The number of ether oxygens (including phenoxy) is 1. The highest BCUT2D eigenvalue weighted by atomic mass is 32.1. The highest BCUT2D eigenvalue weighted by Crippen LogP contribution is 2.31. The van der Waals surface area contributed by atoms with Crippen molar-refractivity contribution >= 4 is 29.3 Å². The molecule has 2 fully saturated rings. The van der Waals surface area contributed by atoms with Crippen LogP contribution in [-0.4, -0.2) is 28.6 Å². The van der Waals surface area contributed by atoms with Crippen molar-refractivity contribution in [2.45, 2.75) is 25.5 Å². The van der Waals surface area contributed by atoms with Crippen LogP contribution in [0.5, 0.6) is 5.75 Å². The third-order valence-corrected chi connectivity index (χ3v) is 3.56. The number of thiocarbonyl (C=S) groups is 1. The molecule has 0 spiro atoms. The number of carbonyl (C=O) groups excluding carboxylic acids is 1. The molecule has 0 radical (unpaired) electrons. The van der Waals surface area contributed by atoms with Gasteiger partial charge in [-0.25, -0.2) is 0 Å². The first-order chi connectivity index (χ1) is 10.1. The molecule has 1 saturated heterocycles. The number of nitrogens with one attached hydrogen (secondary N) is 1. The van der Waals surface area contributed by atoms with Crippen molar-refractivity contribution in [3.05, 3.63) is 35.5 Å². The lowest BCUT2D eigenvalue weighted by Gasteiger charge is -2.11. The van der Waals surface area contributed by atoms with Crippen LogP contribution in [0, 0.1) is 0 Å². The third-order valence-electron chi connectivity index (χ3n) is 3.26. The first kappa shape index (κ1) is 13.9. The number of rotatable bonds is 4. The molecular weight excluding hydrogens is 298 g/mol. The Morgan fingerprint density at radius 3 is 2.76 bits per heavy atom. The summed E-state index contributed by atoms with van der Waals surface area (Å²) in [6.45, 7) is -2.92. The highest BCUT2D eigenvalue weighted by molar-refractivity contribution is 7.80. The van der Waals surface area contributed by atoms with Crippen molar-refractivity contribution in [3.63, 3.8) is 0 Å². The van der Waals surface area contributed by atoms with Crippen molar-refractivity contribution in [1.82, 2.24) is 10.2 Å². The first-order valence-electron chi connectivity index (χ1n) is 6.46. The largest absolute Gasteiger partial charge is 0.434 e. The van der Waals surface area contributed by atoms with Gasteiger partial charge < -0.3 is 10.1 Å². The lowest BCUT2D eigenvalue weighted by Crippen LogP contribution is -2.32. The summed E-state index contributed by atoms with van der Waals surface area (Å²) in [4.78, 5) is 13.8. The van der Waals surface area contributed by atoms with E-state index < -0.39 is 6.61 Å². The third kappa shape index (κ3) is 2.87. The van der Waals surface area contributed by atoms with Crippen LogP contribution in [0.25, 0.3) is 6.08 Å². The smallest absolute Gasteiger partial charge is 0.387 e. The van der Waals surface area contributed by atoms with E-state index >= 15 is 0 Å². The van der Waals surface area contributed by atoms with E-state index in [0.717, 1.165) is 12.8 Å². The van der Waals surface area contributed by atoms with E-state index in [1.54, 1.807) is 18.2 Å². The number of para-hydroxylation sites is 1. The normalized spacial score (nSPS) is 20.3. The highest BCUT2D eigenvalue weighted by Gasteiger charge is 2.41. The van der Waals surface area contributed by atoms with Gasteiger partial charge in [0.25, 0.3) is 5.91 Å². The van der Waals surface area contributed by atoms with Crippen LogP contribution in [0.2, 0.25) is 0 Å². The SMILES string of the molecule is O=C1/C(=C\c2ccccc2OC(F)F)NC(=S)N1C1CC1. The number of amides is 1. The van der Waals surface area contributed by atoms with Crippen molar-refractivity contribution in [1.29, 1.82) is 0 Å². The lowest BCUT2D eigenvalue weighted by atomic mass is 10.1. The van der Waals surface area contributed by atoms with E-state index in [2.05, 4.69) is 10.1 Å². The molecule has 0 atom stereocenters. The first-order valence-corrected chi connectivity index (χ1v) is 6.87. The predicted molar refractivity (Wildman–Crippen MR) is 76.7 cm³/mol. The predicted octanol–water partition coefficient (Wildman–Crippen LogP) is 2.51. The Balaban J connectivity index is 1.88. The molecule has 2 aliphatic rings. The van der Waals surface area contributed by atoms with Crippen LogP contribution in [0.1, 0.15) is 18.4 Å². The standard InChI is InChI=1S/C14H12F2N2O2S/c15-13(16)20-11-4-2-1-3-8(11)7-10-12(19)18(9-5-6-9)14(21)17-10/h1-4,7,9,13H,5-6H2,(H,17,21)/b10-7+.